The van der Waals surface area contributed by atoms with E-state index in [9.17, 15) is 13.2 Å². The molecule has 0 unspecified atom stereocenters. The summed E-state index contributed by atoms with van der Waals surface area (Å²) in [4.78, 5) is 17.7. The molecule has 1 amide bonds. The Morgan fingerprint density at radius 3 is 2.25 bits per heavy atom. The molecule has 2 heterocycles. The van der Waals surface area contributed by atoms with Crippen molar-refractivity contribution < 1.29 is 13.2 Å². The van der Waals surface area contributed by atoms with Crippen LogP contribution in [0.1, 0.15) is 36.8 Å². The fourth-order valence-electron chi connectivity index (χ4n) is 4.76. The lowest BCUT2D eigenvalue weighted by molar-refractivity contribution is -0.135. The van der Waals surface area contributed by atoms with E-state index in [0.29, 0.717) is 37.4 Å². The van der Waals surface area contributed by atoms with Crippen LogP contribution < -0.4 is 4.90 Å². The first-order valence-corrected chi connectivity index (χ1v) is 12.9. The molecule has 0 spiro atoms. The fraction of sp³-hybridized carbons (Fsp3) is 0.480. The third-order valence-corrected chi connectivity index (χ3v) is 8.60. The molecule has 2 aliphatic heterocycles. The average Bonchev–Trinajstić information content (AvgIpc) is 3.34. The summed E-state index contributed by atoms with van der Waals surface area (Å²) < 4.78 is 27.4. The van der Waals surface area contributed by atoms with Crippen molar-refractivity contribution >= 4 is 21.6 Å². The number of benzene rings is 2. The Labute approximate surface area is 191 Å². The molecule has 0 aromatic heterocycles. The quantitative estimate of drug-likeness (QED) is 0.667. The fourth-order valence-corrected chi connectivity index (χ4v) is 6.23. The SMILES string of the molecule is Cc1ccc(S(=O)(=O)N2CCC(C(=O)N(C)Cc3ccccc3N3CCCC3)CC2)cc1. The van der Waals surface area contributed by atoms with Crippen LogP contribution in [-0.4, -0.2) is 56.8 Å². The molecule has 2 aromatic rings. The lowest BCUT2D eigenvalue weighted by atomic mass is 9.96. The molecule has 0 aliphatic carbocycles. The number of carbonyl (C=O) groups excluding carboxylic acids is 1. The Bertz CT molecular complexity index is 1040. The van der Waals surface area contributed by atoms with Gasteiger partial charge in [0.15, 0.2) is 0 Å². The van der Waals surface area contributed by atoms with Gasteiger partial charge in [0.05, 0.1) is 4.90 Å². The second-order valence-corrected chi connectivity index (χ2v) is 10.9. The van der Waals surface area contributed by atoms with Crippen molar-refractivity contribution in [3.8, 4) is 0 Å². The van der Waals surface area contributed by atoms with Crippen molar-refractivity contribution in [3.05, 3.63) is 59.7 Å². The number of carbonyl (C=O) groups is 1. The summed E-state index contributed by atoms with van der Waals surface area (Å²) in [6.07, 6.45) is 3.55. The van der Waals surface area contributed by atoms with Crippen LogP contribution in [-0.2, 0) is 21.4 Å². The maximum Gasteiger partial charge on any atom is 0.243 e. The van der Waals surface area contributed by atoms with Crippen LogP contribution in [0.25, 0.3) is 0 Å². The monoisotopic (exact) mass is 455 g/mol. The van der Waals surface area contributed by atoms with Crippen LogP contribution in [0.2, 0.25) is 0 Å². The maximum absolute atomic E-state index is 13.1. The zero-order valence-electron chi connectivity index (χ0n) is 19.0. The highest BCUT2D eigenvalue weighted by molar-refractivity contribution is 7.89. The van der Waals surface area contributed by atoms with Gasteiger partial charge in [-0.05, 0) is 56.4 Å². The van der Waals surface area contributed by atoms with Gasteiger partial charge in [-0.1, -0.05) is 35.9 Å². The van der Waals surface area contributed by atoms with E-state index in [-0.39, 0.29) is 11.8 Å². The zero-order valence-corrected chi connectivity index (χ0v) is 19.9. The van der Waals surface area contributed by atoms with Crippen LogP contribution in [0.4, 0.5) is 5.69 Å². The molecule has 0 atom stereocenters. The number of amides is 1. The Morgan fingerprint density at radius 1 is 0.969 bits per heavy atom. The summed E-state index contributed by atoms with van der Waals surface area (Å²) in [5, 5.41) is 0. The van der Waals surface area contributed by atoms with Crippen molar-refractivity contribution in [3.63, 3.8) is 0 Å². The van der Waals surface area contributed by atoms with Crippen molar-refractivity contribution in [1.29, 1.82) is 0 Å². The highest BCUT2D eigenvalue weighted by Gasteiger charge is 2.33. The number of para-hydroxylation sites is 1. The van der Waals surface area contributed by atoms with Gasteiger partial charge in [-0.3, -0.25) is 4.79 Å². The summed E-state index contributed by atoms with van der Waals surface area (Å²) in [5.41, 5.74) is 3.43. The number of anilines is 1. The van der Waals surface area contributed by atoms with Gasteiger partial charge < -0.3 is 9.80 Å². The van der Waals surface area contributed by atoms with E-state index < -0.39 is 10.0 Å². The number of rotatable bonds is 6. The van der Waals surface area contributed by atoms with Crippen molar-refractivity contribution in [2.24, 2.45) is 5.92 Å². The molecule has 4 rings (SSSR count). The predicted molar refractivity (Wildman–Crippen MR) is 127 cm³/mol. The first-order chi connectivity index (χ1) is 15.4. The van der Waals surface area contributed by atoms with Gasteiger partial charge >= 0.3 is 0 Å². The van der Waals surface area contributed by atoms with E-state index in [2.05, 4.69) is 23.1 Å². The first kappa shape index (κ1) is 22.8. The van der Waals surface area contributed by atoms with E-state index in [0.717, 1.165) is 18.7 Å². The third kappa shape index (κ3) is 4.84. The normalized spacial score (nSPS) is 18.1. The second-order valence-electron chi connectivity index (χ2n) is 9.01. The largest absolute Gasteiger partial charge is 0.371 e. The number of hydrogen-bond donors (Lipinski definition) is 0. The maximum atomic E-state index is 13.1. The van der Waals surface area contributed by atoms with Crippen LogP contribution in [0.15, 0.2) is 53.4 Å². The van der Waals surface area contributed by atoms with Gasteiger partial charge in [0.1, 0.15) is 0 Å². The average molecular weight is 456 g/mol. The molecule has 172 valence electrons. The second kappa shape index (κ2) is 9.63. The lowest BCUT2D eigenvalue weighted by Gasteiger charge is -2.33. The molecule has 32 heavy (non-hydrogen) atoms. The molecule has 7 heteroatoms. The molecular weight excluding hydrogens is 422 g/mol. The third-order valence-electron chi connectivity index (χ3n) is 6.68. The van der Waals surface area contributed by atoms with E-state index in [1.807, 2.05) is 37.1 Å². The number of piperidine rings is 1. The molecule has 0 bridgehead atoms. The number of nitrogens with zero attached hydrogens (tertiary/aromatic N) is 3. The van der Waals surface area contributed by atoms with Crippen LogP contribution in [0.3, 0.4) is 0 Å². The highest BCUT2D eigenvalue weighted by atomic mass is 32.2. The summed E-state index contributed by atoms with van der Waals surface area (Å²) in [5.74, 6) is -0.0305. The van der Waals surface area contributed by atoms with Crippen molar-refractivity contribution in [2.45, 2.75) is 44.0 Å². The molecule has 2 aliphatic rings. The summed E-state index contributed by atoms with van der Waals surface area (Å²) >= 11 is 0. The van der Waals surface area contributed by atoms with Gasteiger partial charge in [0.2, 0.25) is 15.9 Å². The molecule has 2 saturated heterocycles. The number of hydrogen-bond acceptors (Lipinski definition) is 4. The minimum Gasteiger partial charge on any atom is -0.371 e. The van der Waals surface area contributed by atoms with Crippen LogP contribution in [0, 0.1) is 12.8 Å². The lowest BCUT2D eigenvalue weighted by Crippen LogP contribution is -2.43. The standard InChI is InChI=1S/C25H33N3O3S/c1-20-9-11-23(12-10-20)32(30,31)28-17-13-21(14-18-28)25(29)26(2)19-22-7-3-4-8-24(22)27-15-5-6-16-27/h3-4,7-12,21H,5-6,13-19H2,1-2H3. The summed E-state index contributed by atoms with van der Waals surface area (Å²) in [7, 11) is -1.65. The number of sulfonamides is 1. The van der Waals surface area contributed by atoms with Gasteiger partial charge in [-0.2, -0.15) is 4.31 Å². The Morgan fingerprint density at radius 2 is 1.59 bits per heavy atom. The summed E-state index contributed by atoms with van der Waals surface area (Å²) in [6.45, 7) is 5.42. The van der Waals surface area contributed by atoms with E-state index >= 15 is 0 Å². The number of aryl methyl sites for hydroxylation is 1. The predicted octanol–water partition coefficient (Wildman–Crippen LogP) is 3.65. The van der Waals surface area contributed by atoms with Gasteiger partial charge in [0.25, 0.3) is 0 Å². The Hall–Kier alpha value is -2.38. The van der Waals surface area contributed by atoms with E-state index in [1.54, 1.807) is 12.1 Å². The highest BCUT2D eigenvalue weighted by Crippen LogP contribution is 2.28. The topological polar surface area (TPSA) is 60.9 Å². The van der Waals surface area contributed by atoms with Gasteiger partial charge in [-0.25, -0.2) is 8.42 Å². The summed E-state index contributed by atoms with van der Waals surface area (Å²) in [6, 6.07) is 15.3. The van der Waals surface area contributed by atoms with Crippen molar-refractivity contribution in [2.75, 3.05) is 38.1 Å². The van der Waals surface area contributed by atoms with E-state index in [4.69, 9.17) is 0 Å². The van der Waals surface area contributed by atoms with Gasteiger partial charge in [-0.15, -0.1) is 0 Å². The van der Waals surface area contributed by atoms with Crippen molar-refractivity contribution in [1.82, 2.24) is 9.21 Å². The van der Waals surface area contributed by atoms with Crippen LogP contribution >= 0.6 is 0 Å². The molecular formula is C25H33N3O3S. The minimum absolute atomic E-state index is 0.105. The first-order valence-electron chi connectivity index (χ1n) is 11.5. The zero-order chi connectivity index (χ0) is 22.7. The molecule has 2 fully saturated rings. The molecule has 0 radical (unpaired) electrons. The Balaban J connectivity index is 1.37. The Kier molecular flexibility index (Phi) is 6.86. The molecule has 0 saturated carbocycles. The molecule has 0 N–H and O–H groups in total. The van der Waals surface area contributed by atoms with E-state index in [1.165, 1.54) is 28.4 Å². The molecule has 2 aromatic carbocycles. The van der Waals surface area contributed by atoms with Gasteiger partial charge in [0, 0.05) is 51.4 Å². The molecule has 6 nitrogen and oxygen atoms in total. The smallest absolute Gasteiger partial charge is 0.243 e. The minimum atomic E-state index is -3.51. The van der Waals surface area contributed by atoms with Crippen LogP contribution in [0.5, 0.6) is 0 Å².